The summed E-state index contributed by atoms with van der Waals surface area (Å²) in [5, 5.41) is 4.25. The molecule has 0 bridgehead atoms. The fourth-order valence-electron chi connectivity index (χ4n) is 2.44. The SMILES string of the molecule is C=C(OC)C12CCC1C(C(C)CC)=NO2. The highest BCUT2D eigenvalue weighted by Crippen LogP contribution is 2.52. The molecule has 0 aromatic rings. The predicted molar refractivity (Wildman–Crippen MR) is 59.6 cm³/mol. The minimum atomic E-state index is -0.326. The van der Waals surface area contributed by atoms with Crippen molar-refractivity contribution in [1.29, 1.82) is 0 Å². The fourth-order valence-corrected chi connectivity index (χ4v) is 2.44. The van der Waals surface area contributed by atoms with Crippen LogP contribution in [0.3, 0.4) is 0 Å². The molecule has 0 radical (unpaired) electrons. The van der Waals surface area contributed by atoms with Gasteiger partial charge in [0.2, 0.25) is 5.60 Å². The van der Waals surface area contributed by atoms with E-state index in [1.165, 1.54) is 5.71 Å². The van der Waals surface area contributed by atoms with E-state index in [-0.39, 0.29) is 5.60 Å². The summed E-state index contributed by atoms with van der Waals surface area (Å²) >= 11 is 0. The smallest absolute Gasteiger partial charge is 0.201 e. The summed E-state index contributed by atoms with van der Waals surface area (Å²) < 4.78 is 5.23. The van der Waals surface area contributed by atoms with Gasteiger partial charge >= 0.3 is 0 Å². The molecular formula is C12H19NO2. The van der Waals surface area contributed by atoms with E-state index in [9.17, 15) is 0 Å². The largest absolute Gasteiger partial charge is 0.497 e. The van der Waals surface area contributed by atoms with Gasteiger partial charge in [-0.05, 0) is 25.2 Å². The molecule has 1 aliphatic carbocycles. The Labute approximate surface area is 91.1 Å². The van der Waals surface area contributed by atoms with Gasteiger partial charge < -0.3 is 9.57 Å². The molecule has 0 N–H and O–H groups in total. The predicted octanol–water partition coefficient (Wildman–Crippen LogP) is 2.73. The highest BCUT2D eigenvalue weighted by atomic mass is 16.7. The lowest BCUT2D eigenvalue weighted by molar-refractivity contribution is -0.0985. The molecule has 0 saturated heterocycles. The molecule has 0 amide bonds. The number of hydrogen-bond donors (Lipinski definition) is 0. The molecule has 3 heteroatoms. The van der Waals surface area contributed by atoms with Crippen LogP contribution in [0.4, 0.5) is 0 Å². The van der Waals surface area contributed by atoms with Crippen molar-refractivity contribution in [2.75, 3.05) is 7.11 Å². The minimum Gasteiger partial charge on any atom is -0.497 e. The molecule has 84 valence electrons. The van der Waals surface area contributed by atoms with Crippen LogP contribution < -0.4 is 0 Å². The zero-order valence-electron chi connectivity index (χ0n) is 9.75. The van der Waals surface area contributed by atoms with E-state index in [1.807, 2.05) is 0 Å². The molecule has 3 nitrogen and oxygen atoms in total. The third-order valence-corrected chi connectivity index (χ3v) is 3.87. The normalized spacial score (nSPS) is 34.6. The Morgan fingerprint density at radius 1 is 1.80 bits per heavy atom. The van der Waals surface area contributed by atoms with Crippen LogP contribution in [0.2, 0.25) is 0 Å². The summed E-state index contributed by atoms with van der Waals surface area (Å²) in [7, 11) is 1.65. The first-order valence-electron chi connectivity index (χ1n) is 5.65. The van der Waals surface area contributed by atoms with Crippen molar-refractivity contribution in [3.63, 3.8) is 0 Å². The summed E-state index contributed by atoms with van der Waals surface area (Å²) in [5.41, 5.74) is 0.870. The first-order chi connectivity index (χ1) is 7.15. The average Bonchev–Trinajstić information content (AvgIpc) is 2.49. The van der Waals surface area contributed by atoms with Crippen LogP contribution in [0.25, 0.3) is 0 Å². The second kappa shape index (κ2) is 3.54. The van der Waals surface area contributed by atoms with Gasteiger partial charge in [-0.3, -0.25) is 0 Å². The Bertz CT molecular complexity index is 311. The van der Waals surface area contributed by atoms with Gasteiger partial charge in [0.1, 0.15) is 5.76 Å². The number of rotatable bonds is 4. The van der Waals surface area contributed by atoms with Gasteiger partial charge in [0, 0.05) is 0 Å². The maximum absolute atomic E-state index is 5.59. The van der Waals surface area contributed by atoms with E-state index in [1.54, 1.807) is 7.11 Å². The van der Waals surface area contributed by atoms with E-state index in [2.05, 4.69) is 25.6 Å². The van der Waals surface area contributed by atoms with E-state index in [4.69, 9.17) is 9.57 Å². The molecule has 0 spiro atoms. The zero-order chi connectivity index (χ0) is 11.1. The van der Waals surface area contributed by atoms with Gasteiger partial charge in [0.05, 0.1) is 18.7 Å². The van der Waals surface area contributed by atoms with Crippen molar-refractivity contribution < 1.29 is 9.57 Å². The quantitative estimate of drug-likeness (QED) is 0.666. The summed E-state index contributed by atoms with van der Waals surface area (Å²) in [5.74, 6) is 1.63. The van der Waals surface area contributed by atoms with Crippen molar-refractivity contribution in [1.82, 2.24) is 0 Å². The molecule has 3 unspecified atom stereocenters. The van der Waals surface area contributed by atoms with Crippen LogP contribution in [0.1, 0.15) is 33.1 Å². The lowest BCUT2D eigenvalue weighted by Gasteiger charge is -2.42. The topological polar surface area (TPSA) is 30.8 Å². The summed E-state index contributed by atoms with van der Waals surface area (Å²) in [4.78, 5) is 5.59. The lowest BCUT2D eigenvalue weighted by atomic mass is 9.64. The summed E-state index contributed by atoms with van der Waals surface area (Å²) in [6.07, 6.45) is 3.23. The number of methoxy groups -OCH3 is 1. The number of hydrogen-bond acceptors (Lipinski definition) is 3. The second-order valence-corrected chi connectivity index (χ2v) is 4.52. The molecule has 1 saturated carbocycles. The molecule has 1 fully saturated rings. The molecule has 1 aliphatic heterocycles. The number of oxime groups is 1. The summed E-state index contributed by atoms with van der Waals surface area (Å²) in [6.45, 7) is 8.31. The highest BCUT2D eigenvalue weighted by Gasteiger charge is 2.59. The van der Waals surface area contributed by atoms with Gasteiger partial charge in [-0.1, -0.05) is 25.6 Å². The van der Waals surface area contributed by atoms with Gasteiger partial charge in [0.15, 0.2) is 0 Å². The van der Waals surface area contributed by atoms with Gasteiger partial charge in [-0.15, -0.1) is 0 Å². The zero-order valence-corrected chi connectivity index (χ0v) is 9.75. The molecule has 3 atom stereocenters. The maximum atomic E-state index is 5.59. The minimum absolute atomic E-state index is 0.326. The van der Waals surface area contributed by atoms with Crippen molar-refractivity contribution >= 4 is 5.71 Å². The molecular weight excluding hydrogens is 190 g/mol. The van der Waals surface area contributed by atoms with Crippen LogP contribution in [0.15, 0.2) is 17.5 Å². The van der Waals surface area contributed by atoms with Gasteiger partial charge in [-0.25, -0.2) is 0 Å². The van der Waals surface area contributed by atoms with E-state index >= 15 is 0 Å². The van der Waals surface area contributed by atoms with Crippen LogP contribution in [-0.4, -0.2) is 18.4 Å². The van der Waals surface area contributed by atoms with Crippen LogP contribution in [0.5, 0.6) is 0 Å². The number of nitrogens with zero attached hydrogens (tertiary/aromatic N) is 1. The van der Waals surface area contributed by atoms with Crippen molar-refractivity contribution in [3.8, 4) is 0 Å². The molecule has 2 rings (SSSR count). The van der Waals surface area contributed by atoms with E-state index in [0.717, 1.165) is 25.0 Å². The average molecular weight is 209 g/mol. The first kappa shape index (κ1) is 10.5. The highest BCUT2D eigenvalue weighted by molar-refractivity contribution is 5.92. The van der Waals surface area contributed by atoms with Crippen LogP contribution in [0, 0.1) is 11.8 Å². The Hall–Kier alpha value is -0.990. The Morgan fingerprint density at radius 2 is 2.53 bits per heavy atom. The van der Waals surface area contributed by atoms with Crippen LogP contribution in [-0.2, 0) is 9.57 Å². The maximum Gasteiger partial charge on any atom is 0.201 e. The molecule has 15 heavy (non-hydrogen) atoms. The number of fused-ring (bicyclic) bond motifs is 1. The van der Waals surface area contributed by atoms with Gasteiger partial charge in [-0.2, -0.15) is 0 Å². The van der Waals surface area contributed by atoms with E-state index in [0.29, 0.717) is 11.8 Å². The second-order valence-electron chi connectivity index (χ2n) is 4.52. The van der Waals surface area contributed by atoms with Crippen molar-refractivity contribution in [2.24, 2.45) is 17.0 Å². The molecule has 1 heterocycles. The molecule has 2 aliphatic rings. The monoisotopic (exact) mass is 209 g/mol. The summed E-state index contributed by atoms with van der Waals surface area (Å²) in [6, 6.07) is 0. The standard InChI is InChI=1S/C12H19NO2/c1-5-8(2)11-10-6-7-12(10,15-13-11)9(3)14-4/h8,10H,3,5-7H2,1-2,4H3. The first-order valence-corrected chi connectivity index (χ1v) is 5.65. The van der Waals surface area contributed by atoms with Gasteiger partial charge in [0.25, 0.3) is 0 Å². The third kappa shape index (κ3) is 1.29. The van der Waals surface area contributed by atoms with Crippen molar-refractivity contribution in [2.45, 2.75) is 38.7 Å². The Balaban J connectivity index is 2.15. The van der Waals surface area contributed by atoms with E-state index < -0.39 is 0 Å². The fraction of sp³-hybridized carbons (Fsp3) is 0.750. The Kier molecular flexibility index (Phi) is 2.49. The van der Waals surface area contributed by atoms with Crippen molar-refractivity contribution in [3.05, 3.63) is 12.3 Å². The van der Waals surface area contributed by atoms with Crippen LogP contribution >= 0.6 is 0 Å². The molecule has 0 aromatic heterocycles. The number of ether oxygens (including phenoxy) is 1. The molecule has 0 aromatic carbocycles. The third-order valence-electron chi connectivity index (χ3n) is 3.87. The lowest BCUT2D eigenvalue weighted by Crippen LogP contribution is -2.50. The Morgan fingerprint density at radius 3 is 3.00 bits per heavy atom.